The first-order valence-electron chi connectivity index (χ1n) is 5.52. The molecule has 1 N–H and O–H groups in total. The Bertz CT molecular complexity index is 638. The maximum Gasteiger partial charge on any atom is 0.242 e. The lowest BCUT2D eigenvalue weighted by molar-refractivity contribution is 0.521. The van der Waals surface area contributed by atoms with E-state index in [9.17, 15) is 8.42 Å². The molecule has 0 amide bonds. The highest BCUT2D eigenvalue weighted by Gasteiger charge is 2.17. The van der Waals surface area contributed by atoms with Crippen LogP contribution in [0.1, 0.15) is 5.69 Å². The van der Waals surface area contributed by atoms with Crippen LogP contribution in [0.5, 0.6) is 0 Å². The Kier molecular flexibility index (Phi) is 4.13. The van der Waals surface area contributed by atoms with Gasteiger partial charge in [-0.2, -0.15) is 0 Å². The van der Waals surface area contributed by atoms with Gasteiger partial charge in [0.25, 0.3) is 0 Å². The molecule has 0 aliphatic carbocycles. The Morgan fingerprint density at radius 1 is 1.37 bits per heavy atom. The van der Waals surface area contributed by atoms with E-state index in [1.807, 2.05) is 11.4 Å². The molecule has 2 aromatic rings. The van der Waals surface area contributed by atoms with Crippen molar-refractivity contribution in [2.45, 2.75) is 11.4 Å². The molecule has 0 bridgehead atoms. The summed E-state index contributed by atoms with van der Waals surface area (Å²) in [5, 5.41) is 8.87. The average Bonchev–Trinajstić information content (AvgIpc) is 2.89. The number of nitrogens with zero attached hydrogens (tertiary/aromatic N) is 3. The van der Waals surface area contributed by atoms with E-state index in [1.54, 1.807) is 18.2 Å². The first-order chi connectivity index (χ1) is 9.00. The van der Waals surface area contributed by atoms with Gasteiger partial charge in [-0.3, -0.25) is 0 Å². The molecule has 19 heavy (non-hydrogen) atoms. The van der Waals surface area contributed by atoms with Crippen LogP contribution in [0.15, 0.2) is 34.5 Å². The van der Waals surface area contributed by atoms with Crippen LogP contribution in [0, 0.1) is 0 Å². The van der Waals surface area contributed by atoms with E-state index in [0.29, 0.717) is 6.54 Å². The molecule has 1 heterocycles. The maximum absolute atomic E-state index is 12.0. The van der Waals surface area contributed by atoms with Crippen molar-refractivity contribution < 1.29 is 8.42 Å². The third kappa shape index (κ3) is 3.28. The van der Waals surface area contributed by atoms with E-state index in [2.05, 4.69) is 14.9 Å². The van der Waals surface area contributed by atoms with Gasteiger partial charge in [-0.25, -0.2) is 12.7 Å². The molecule has 8 heteroatoms. The van der Waals surface area contributed by atoms with Crippen LogP contribution in [-0.2, 0) is 16.6 Å². The zero-order chi connectivity index (χ0) is 13.9. The van der Waals surface area contributed by atoms with Crippen LogP contribution in [0.3, 0.4) is 0 Å². The summed E-state index contributed by atoms with van der Waals surface area (Å²) in [6, 6.07) is 6.70. The van der Waals surface area contributed by atoms with Gasteiger partial charge in [-0.15, -0.1) is 5.10 Å². The van der Waals surface area contributed by atoms with Gasteiger partial charge in [-0.1, -0.05) is 10.6 Å². The Balaban J connectivity index is 2.16. The number of anilines is 1. The Labute approximate surface area is 116 Å². The van der Waals surface area contributed by atoms with E-state index in [4.69, 9.17) is 0 Å². The number of sulfonamides is 1. The second-order valence-corrected chi connectivity index (χ2v) is 6.83. The predicted octanol–water partition coefficient (Wildman–Crippen LogP) is 1.40. The molecule has 6 nitrogen and oxygen atoms in total. The van der Waals surface area contributed by atoms with Gasteiger partial charge in [0.1, 0.15) is 0 Å². The van der Waals surface area contributed by atoms with Crippen LogP contribution in [0.2, 0.25) is 0 Å². The predicted molar refractivity (Wildman–Crippen MR) is 74.6 cm³/mol. The molecule has 2 rings (SSSR count). The van der Waals surface area contributed by atoms with Crippen LogP contribution < -0.4 is 5.32 Å². The minimum atomic E-state index is -3.40. The lowest BCUT2D eigenvalue weighted by atomic mass is 10.3. The maximum atomic E-state index is 12.0. The third-order valence-corrected chi connectivity index (χ3v) is 4.86. The van der Waals surface area contributed by atoms with Crippen molar-refractivity contribution in [3.05, 3.63) is 35.3 Å². The van der Waals surface area contributed by atoms with Gasteiger partial charge in [-0.05, 0) is 29.7 Å². The van der Waals surface area contributed by atoms with Crippen molar-refractivity contribution in [3.8, 4) is 0 Å². The molecule has 0 atom stereocenters. The van der Waals surface area contributed by atoms with Gasteiger partial charge in [0, 0.05) is 25.2 Å². The highest BCUT2D eigenvalue weighted by molar-refractivity contribution is 7.89. The van der Waals surface area contributed by atoms with E-state index < -0.39 is 10.0 Å². The SMILES string of the molecule is CN(C)S(=O)(=O)c1cccc(NCc2csnn2)c1. The van der Waals surface area contributed by atoms with Crippen LogP contribution >= 0.6 is 11.5 Å². The fourth-order valence-electron chi connectivity index (χ4n) is 1.43. The molecule has 1 aromatic heterocycles. The van der Waals surface area contributed by atoms with Crippen molar-refractivity contribution in [2.24, 2.45) is 0 Å². The standard InChI is InChI=1S/C11H14N4O2S2/c1-15(2)19(16,17)11-5-3-4-9(6-11)12-7-10-8-18-14-13-10/h3-6,8,12H,7H2,1-2H3. The molecule has 0 unspecified atom stereocenters. The van der Waals surface area contributed by atoms with E-state index in [0.717, 1.165) is 11.4 Å². The molecule has 0 radical (unpaired) electrons. The number of hydrogen-bond donors (Lipinski definition) is 1. The highest BCUT2D eigenvalue weighted by Crippen LogP contribution is 2.18. The van der Waals surface area contributed by atoms with E-state index in [1.165, 1.54) is 29.9 Å². The summed E-state index contributed by atoms with van der Waals surface area (Å²) in [7, 11) is -0.383. The second-order valence-electron chi connectivity index (χ2n) is 4.07. The zero-order valence-electron chi connectivity index (χ0n) is 10.6. The average molecular weight is 298 g/mol. The monoisotopic (exact) mass is 298 g/mol. The molecular weight excluding hydrogens is 284 g/mol. The van der Waals surface area contributed by atoms with E-state index in [-0.39, 0.29) is 4.90 Å². The molecule has 0 aliphatic rings. The molecule has 0 spiro atoms. The van der Waals surface area contributed by atoms with Crippen molar-refractivity contribution >= 4 is 27.2 Å². The minimum absolute atomic E-state index is 0.263. The lowest BCUT2D eigenvalue weighted by Gasteiger charge is -2.12. The first-order valence-corrected chi connectivity index (χ1v) is 7.80. The van der Waals surface area contributed by atoms with Crippen molar-refractivity contribution in [1.29, 1.82) is 0 Å². The number of hydrogen-bond acceptors (Lipinski definition) is 6. The van der Waals surface area contributed by atoms with Gasteiger partial charge in [0.15, 0.2) is 0 Å². The minimum Gasteiger partial charge on any atom is -0.379 e. The fourth-order valence-corrected chi connectivity index (χ4v) is 2.83. The van der Waals surface area contributed by atoms with Gasteiger partial charge >= 0.3 is 0 Å². The second kappa shape index (κ2) is 5.64. The third-order valence-electron chi connectivity index (χ3n) is 2.49. The molecule has 102 valence electrons. The van der Waals surface area contributed by atoms with Crippen LogP contribution in [0.25, 0.3) is 0 Å². The molecular formula is C11H14N4O2S2. The number of aromatic nitrogens is 2. The summed E-state index contributed by atoms with van der Waals surface area (Å²) in [5.41, 5.74) is 1.56. The Hall–Kier alpha value is -1.51. The largest absolute Gasteiger partial charge is 0.379 e. The molecule has 0 saturated carbocycles. The summed E-state index contributed by atoms with van der Waals surface area (Å²) in [5.74, 6) is 0. The normalized spacial score (nSPS) is 11.7. The molecule has 0 fully saturated rings. The zero-order valence-corrected chi connectivity index (χ0v) is 12.2. The lowest BCUT2D eigenvalue weighted by Crippen LogP contribution is -2.22. The summed E-state index contributed by atoms with van der Waals surface area (Å²) in [6.07, 6.45) is 0. The van der Waals surface area contributed by atoms with Crippen LogP contribution in [-0.4, -0.2) is 36.4 Å². The van der Waals surface area contributed by atoms with Crippen molar-refractivity contribution in [3.63, 3.8) is 0 Å². The Morgan fingerprint density at radius 2 is 2.16 bits per heavy atom. The first kappa shape index (κ1) is 13.9. The topological polar surface area (TPSA) is 75.2 Å². The summed E-state index contributed by atoms with van der Waals surface area (Å²) in [4.78, 5) is 0.263. The molecule has 0 saturated heterocycles. The van der Waals surface area contributed by atoms with Gasteiger partial charge in [0.2, 0.25) is 10.0 Å². The Morgan fingerprint density at radius 3 is 2.79 bits per heavy atom. The summed E-state index contributed by atoms with van der Waals surface area (Å²) < 4.78 is 28.9. The smallest absolute Gasteiger partial charge is 0.242 e. The number of nitrogens with one attached hydrogen (secondary N) is 1. The number of rotatable bonds is 5. The van der Waals surface area contributed by atoms with Crippen LogP contribution in [0.4, 0.5) is 5.69 Å². The van der Waals surface area contributed by atoms with E-state index >= 15 is 0 Å². The number of benzene rings is 1. The van der Waals surface area contributed by atoms with Crippen molar-refractivity contribution in [2.75, 3.05) is 19.4 Å². The summed E-state index contributed by atoms with van der Waals surface area (Å²) in [6.45, 7) is 0.516. The molecule has 1 aromatic carbocycles. The fraction of sp³-hybridized carbons (Fsp3) is 0.273. The summed E-state index contributed by atoms with van der Waals surface area (Å²) >= 11 is 1.28. The molecule has 0 aliphatic heterocycles. The van der Waals surface area contributed by atoms with Gasteiger partial charge < -0.3 is 5.32 Å². The quantitative estimate of drug-likeness (QED) is 0.903. The van der Waals surface area contributed by atoms with Crippen molar-refractivity contribution in [1.82, 2.24) is 13.9 Å². The van der Waals surface area contributed by atoms with Gasteiger partial charge in [0.05, 0.1) is 17.1 Å². The highest BCUT2D eigenvalue weighted by atomic mass is 32.2.